The van der Waals surface area contributed by atoms with Crippen molar-refractivity contribution in [1.82, 2.24) is 10.9 Å². The van der Waals surface area contributed by atoms with Gasteiger partial charge in [0.05, 0.1) is 18.3 Å². The molecule has 0 aromatic heterocycles. The van der Waals surface area contributed by atoms with Gasteiger partial charge in [-0.15, -0.1) is 0 Å². The Hall–Kier alpha value is -0.160. The molecule has 1 atom stereocenters. The summed E-state index contributed by atoms with van der Waals surface area (Å²) >= 11 is 0. The summed E-state index contributed by atoms with van der Waals surface area (Å²) in [5.41, 5.74) is 11.2. The minimum atomic E-state index is -0.0657. The fourth-order valence-corrected chi connectivity index (χ4v) is 0.740. The summed E-state index contributed by atoms with van der Waals surface area (Å²) < 4.78 is 0. The maximum absolute atomic E-state index is 8.83. The van der Waals surface area contributed by atoms with Crippen LogP contribution in [0.15, 0.2) is 0 Å². The Morgan fingerprint density at radius 1 is 1.70 bits per heavy atom. The van der Waals surface area contributed by atoms with Crippen molar-refractivity contribution in [1.29, 1.82) is 0 Å². The van der Waals surface area contributed by atoms with Crippen LogP contribution in [0.1, 0.15) is 19.8 Å². The Balaban J connectivity index is 2.13. The number of rotatable bonds is 4. The Morgan fingerprint density at radius 2 is 2.30 bits per heavy atom. The van der Waals surface area contributed by atoms with Crippen LogP contribution >= 0.6 is 0 Å². The van der Waals surface area contributed by atoms with Crippen molar-refractivity contribution in [2.24, 2.45) is 5.73 Å². The molecule has 1 aliphatic rings. The van der Waals surface area contributed by atoms with Gasteiger partial charge in [-0.05, 0) is 19.8 Å². The van der Waals surface area contributed by atoms with E-state index in [2.05, 4.69) is 10.9 Å². The van der Waals surface area contributed by atoms with E-state index in [0.29, 0.717) is 0 Å². The predicted octanol–water partition coefficient (Wildman–Crippen LogP) is -1.09. The molecule has 1 unspecified atom stereocenters. The summed E-state index contributed by atoms with van der Waals surface area (Å²) in [6.07, 6.45) is 2.00. The molecule has 4 nitrogen and oxygen atoms in total. The highest BCUT2D eigenvalue weighted by Gasteiger charge is 2.41. The summed E-state index contributed by atoms with van der Waals surface area (Å²) in [5, 5.41) is 8.83. The molecule has 0 spiro atoms. The molecular weight excluding hydrogens is 130 g/mol. The van der Waals surface area contributed by atoms with Crippen molar-refractivity contribution in [2.45, 2.75) is 31.5 Å². The van der Waals surface area contributed by atoms with E-state index in [1.54, 1.807) is 0 Å². The lowest BCUT2D eigenvalue weighted by Gasteiger charge is -2.17. The van der Waals surface area contributed by atoms with Gasteiger partial charge in [0.2, 0.25) is 0 Å². The lowest BCUT2D eigenvalue weighted by atomic mass is 10.3. The first kappa shape index (κ1) is 7.94. The molecule has 1 fully saturated rings. The number of aliphatic hydroxyl groups excluding tert-OH is 1. The number of nitrogens with one attached hydrogen (secondary N) is 2. The first-order valence-electron chi connectivity index (χ1n) is 3.58. The molecule has 10 heavy (non-hydrogen) atoms. The molecule has 1 rings (SSSR count). The van der Waals surface area contributed by atoms with Crippen molar-refractivity contribution in [2.75, 3.05) is 6.61 Å². The maximum atomic E-state index is 8.83. The average Bonchev–Trinajstić information content (AvgIpc) is 2.64. The van der Waals surface area contributed by atoms with E-state index < -0.39 is 0 Å². The van der Waals surface area contributed by atoms with Gasteiger partial charge in [0.15, 0.2) is 0 Å². The van der Waals surface area contributed by atoms with Gasteiger partial charge in [-0.25, -0.2) is 10.9 Å². The SMILES string of the molecule is CC(N)NNC1(CO)CC1. The van der Waals surface area contributed by atoms with Crippen molar-refractivity contribution < 1.29 is 5.11 Å². The molecule has 5 N–H and O–H groups in total. The molecule has 0 amide bonds. The van der Waals surface area contributed by atoms with E-state index in [1.807, 2.05) is 6.92 Å². The molecule has 0 bridgehead atoms. The standard InChI is InChI=1S/C6H15N3O/c1-5(7)8-9-6(4-10)2-3-6/h5,8-10H,2-4,7H2,1H3. The number of hydrogen-bond acceptors (Lipinski definition) is 4. The largest absolute Gasteiger partial charge is 0.394 e. The van der Waals surface area contributed by atoms with Gasteiger partial charge >= 0.3 is 0 Å². The minimum absolute atomic E-state index is 0.0619. The molecule has 0 aromatic carbocycles. The van der Waals surface area contributed by atoms with Crippen molar-refractivity contribution in [3.05, 3.63) is 0 Å². The van der Waals surface area contributed by atoms with Gasteiger partial charge < -0.3 is 10.8 Å². The maximum Gasteiger partial charge on any atom is 0.0650 e. The molecule has 0 aliphatic heterocycles. The molecule has 0 saturated heterocycles. The van der Waals surface area contributed by atoms with E-state index in [0.717, 1.165) is 12.8 Å². The van der Waals surface area contributed by atoms with Gasteiger partial charge in [0.25, 0.3) is 0 Å². The second-order valence-corrected chi connectivity index (χ2v) is 3.00. The molecule has 60 valence electrons. The van der Waals surface area contributed by atoms with Gasteiger partial charge in [-0.2, -0.15) is 0 Å². The summed E-state index contributed by atoms with van der Waals surface area (Å²) in [7, 11) is 0. The zero-order valence-electron chi connectivity index (χ0n) is 6.22. The Bertz CT molecular complexity index is 112. The topological polar surface area (TPSA) is 70.3 Å². The molecule has 0 radical (unpaired) electrons. The van der Waals surface area contributed by atoms with Crippen LogP contribution in [0.2, 0.25) is 0 Å². The van der Waals surface area contributed by atoms with E-state index in [4.69, 9.17) is 10.8 Å². The molecule has 1 aliphatic carbocycles. The average molecular weight is 145 g/mol. The minimum Gasteiger partial charge on any atom is -0.394 e. The highest BCUT2D eigenvalue weighted by molar-refractivity contribution is 5.00. The zero-order valence-corrected chi connectivity index (χ0v) is 6.22. The predicted molar refractivity (Wildman–Crippen MR) is 39.0 cm³/mol. The monoisotopic (exact) mass is 145 g/mol. The fraction of sp³-hybridized carbons (Fsp3) is 1.00. The van der Waals surface area contributed by atoms with Crippen LogP contribution in [0.3, 0.4) is 0 Å². The highest BCUT2D eigenvalue weighted by atomic mass is 16.3. The van der Waals surface area contributed by atoms with Gasteiger partial charge in [-0.3, -0.25) is 0 Å². The van der Waals surface area contributed by atoms with Crippen LogP contribution < -0.4 is 16.6 Å². The Morgan fingerprint density at radius 3 is 2.60 bits per heavy atom. The number of nitrogens with two attached hydrogens (primary N) is 1. The van der Waals surface area contributed by atoms with E-state index in [9.17, 15) is 0 Å². The third kappa shape index (κ3) is 1.91. The third-order valence-electron chi connectivity index (χ3n) is 1.72. The number of hydrazine groups is 1. The number of hydrogen-bond donors (Lipinski definition) is 4. The van der Waals surface area contributed by atoms with Crippen LogP contribution in [0.5, 0.6) is 0 Å². The van der Waals surface area contributed by atoms with Crippen LogP contribution in [-0.4, -0.2) is 23.4 Å². The molecule has 4 heteroatoms. The second-order valence-electron chi connectivity index (χ2n) is 3.00. The second kappa shape index (κ2) is 2.84. The van der Waals surface area contributed by atoms with Gasteiger partial charge in [0.1, 0.15) is 0 Å². The molecule has 1 saturated carbocycles. The van der Waals surface area contributed by atoms with Gasteiger partial charge in [-0.1, -0.05) is 0 Å². The van der Waals surface area contributed by atoms with Crippen molar-refractivity contribution >= 4 is 0 Å². The first-order chi connectivity index (χ1) is 4.68. The summed E-state index contributed by atoms with van der Waals surface area (Å²) in [5.74, 6) is 0. The van der Waals surface area contributed by atoms with Crippen LogP contribution in [0, 0.1) is 0 Å². The first-order valence-corrected chi connectivity index (χ1v) is 3.58. The van der Waals surface area contributed by atoms with Crippen molar-refractivity contribution in [3.8, 4) is 0 Å². The molecular formula is C6H15N3O. The highest BCUT2D eigenvalue weighted by Crippen LogP contribution is 2.33. The summed E-state index contributed by atoms with van der Waals surface area (Å²) in [6.45, 7) is 2.03. The molecule has 0 aromatic rings. The summed E-state index contributed by atoms with van der Waals surface area (Å²) in [6, 6.07) is 0. The fourth-order valence-electron chi connectivity index (χ4n) is 0.740. The lowest BCUT2D eigenvalue weighted by Crippen LogP contribution is -2.51. The third-order valence-corrected chi connectivity index (χ3v) is 1.72. The normalized spacial score (nSPS) is 24.3. The van der Waals surface area contributed by atoms with Crippen LogP contribution in [0.4, 0.5) is 0 Å². The van der Waals surface area contributed by atoms with E-state index in [1.165, 1.54) is 0 Å². The van der Waals surface area contributed by atoms with E-state index in [-0.39, 0.29) is 18.3 Å². The quantitative estimate of drug-likeness (QED) is 0.300. The van der Waals surface area contributed by atoms with Crippen LogP contribution in [-0.2, 0) is 0 Å². The zero-order chi connectivity index (χ0) is 7.61. The lowest BCUT2D eigenvalue weighted by molar-refractivity contribution is 0.210. The number of aliphatic hydroxyl groups is 1. The summed E-state index contributed by atoms with van der Waals surface area (Å²) in [4.78, 5) is 0. The van der Waals surface area contributed by atoms with Crippen molar-refractivity contribution in [3.63, 3.8) is 0 Å². The van der Waals surface area contributed by atoms with Crippen LogP contribution in [0.25, 0.3) is 0 Å². The van der Waals surface area contributed by atoms with Gasteiger partial charge in [0, 0.05) is 0 Å². The Labute approximate surface area is 60.8 Å². The molecule has 0 heterocycles. The smallest absolute Gasteiger partial charge is 0.0650 e. The van der Waals surface area contributed by atoms with E-state index >= 15 is 0 Å². The Kier molecular flexibility index (Phi) is 2.25.